The summed E-state index contributed by atoms with van der Waals surface area (Å²) in [5.41, 5.74) is 1.55. The zero-order valence-electron chi connectivity index (χ0n) is 11.6. The Labute approximate surface area is 128 Å². The number of rotatable bonds is 7. The lowest BCUT2D eigenvalue weighted by Gasteiger charge is -2.16. The second-order valence-electron chi connectivity index (χ2n) is 4.78. The molecule has 0 aliphatic rings. The van der Waals surface area contributed by atoms with Crippen molar-refractivity contribution in [3.8, 4) is 0 Å². The number of hydrogen-bond acceptors (Lipinski definition) is 5. The first-order valence-electron chi connectivity index (χ1n) is 6.78. The van der Waals surface area contributed by atoms with Gasteiger partial charge in [0.1, 0.15) is 0 Å². The predicted octanol–water partition coefficient (Wildman–Crippen LogP) is 2.15. The SMILES string of the molecule is OCc1ccc(C(O)CC(O)CSc2ccccn2)cc1. The monoisotopic (exact) mass is 305 g/mol. The highest BCUT2D eigenvalue weighted by molar-refractivity contribution is 7.99. The summed E-state index contributed by atoms with van der Waals surface area (Å²) in [4.78, 5) is 4.17. The van der Waals surface area contributed by atoms with E-state index in [0.717, 1.165) is 16.2 Å². The fourth-order valence-electron chi connectivity index (χ4n) is 1.92. The number of benzene rings is 1. The molecule has 1 aromatic heterocycles. The van der Waals surface area contributed by atoms with Crippen LogP contribution in [0, 0.1) is 0 Å². The summed E-state index contributed by atoms with van der Waals surface area (Å²) >= 11 is 1.47. The molecule has 3 N–H and O–H groups in total. The Morgan fingerprint density at radius 1 is 1.05 bits per heavy atom. The van der Waals surface area contributed by atoms with Crippen LogP contribution in [0.15, 0.2) is 53.7 Å². The second kappa shape index (κ2) is 8.14. The largest absolute Gasteiger partial charge is 0.392 e. The van der Waals surface area contributed by atoms with E-state index >= 15 is 0 Å². The van der Waals surface area contributed by atoms with E-state index in [0.29, 0.717) is 5.75 Å². The maximum Gasteiger partial charge on any atom is 0.0960 e. The zero-order chi connectivity index (χ0) is 15.1. The lowest BCUT2D eigenvalue weighted by Crippen LogP contribution is -2.15. The number of hydrogen-bond donors (Lipinski definition) is 3. The molecule has 0 aliphatic carbocycles. The first-order valence-corrected chi connectivity index (χ1v) is 7.77. The summed E-state index contributed by atoms with van der Waals surface area (Å²) in [6, 6.07) is 12.7. The van der Waals surface area contributed by atoms with Crippen molar-refractivity contribution in [2.75, 3.05) is 5.75 Å². The van der Waals surface area contributed by atoms with Gasteiger partial charge >= 0.3 is 0 Å². The van der Waals surface area contributed by atoms with Crippen molar-refractivity contribution >= 4 is 11.8 Å². The van der Waals surface area contributed by atoms with Gasteiger partial charge in [0.2, 0.25) is 0 Å². The zero-order valence-corrected chi connectivity index (χ0v) is 12.4. The quantitative estimate of drug-likeness (QED) is 0.684. The van der Waals surface area contributed by atoms with Crippen molar-refractivity contribution in [1.29, 1.82) is 0 Å². The van der Waals surface area contributed by atoms with Crippen LogP contribution in [-0.2, 0) is 6.61 Å². The first kappa shape index (κ1) is 16.0. The van der Waals surface area contributed by atoms with Gasteiger partial charge in [-0.15, -0.1) is 11.8 Å². The van der Waals surface area contributed by atoms with Crippen LogP contribution in [0.3, 0.4) is 0 Å². The van der Waals surface area contributed by atoms with E-state index in [1.54, 1.807) is 30.5 Å². The molecule has 0 aliphatic heterocycles. The molecule has 1 heterocycles. The van der Waals surface area contributed by atoms with E-state index in [-0.39, 0.29) is 13.0 Å². The van der Waals surface area contributed by atoms with Crippen LogP contribution in [-0.4, -0.2) is 32.2 Å². The summed E-state index contributed by atoms with van der Waals surface area (Å²) in [6.45, 7) is -0.0142. The highest BCUT2D eigenvalue weighted by Crippen LogP contribution is 2.22. The number of thioether (sulfide) groups is 1. The van der Waals surface area contributed by atoms with E-state index < -0.39 is 12.2 Å². The molecule has 1 aromatic carbocycles. The van der Waals surface area contributed by atoms with Gasteiger partial charge in [-0.2, -0.15) is 0 Å². The van der Waals surface area contributed by atoms with Gasteiger partial charge in [-0.05, 0) is 23.3 Å². The Hall–Kier alpha value is -1.40. The lowest BCUT2D eigenvalue weighted by atomic mass is 10.0. The van der Waals surface area contributed by atoms with Gasteiger partial charge in [-0.3, -0.25) is 0 Å². The third-order valence-electron chi connectivity index (χ3n) is 3.10. The minimum atomic E-state index is -0.711. The Bertz CT molecular complexity index is 533. The molecule has 0 saturated heterocycles. The molecule has 0 bridgehead atoms. The van der Waals surface area contributed by atoms with Crippen LogP contribution in [0.5, 0.6) is 0 Å². The van der Waals surface area contributed by atoms with E-state index in [1.807, 2.05) is 18.2 Å². The molecule has 21 heavy (non-hydrogen) atoms. The van der Waals surface area contributed by atoms with E-state index in [2.05, 4.69) is 4.98 Å². The average Bonchev–Trinajstić information content (AvgIpc) is 2.54. The number of aromatic nitrogens is 1. The highest BCUT2D eigenvalue weighted by Gasteiger charge is 2.14. The van der Waals surface area contributed by atoms with Crippen molar-refractivity contribution in [2.24, 2.45) is 0 Å². The fraction of sp³-hybridized carbons (Fsp3) is 0.312. The van der Waals surface area contributed by atoms with Gasteiger partial charge in [-0.1, -0.05) is 30.3 Å². The van der Waals surface area contributed by atoms with Crippen molar-refractivity contribution < 1.29 is 15.3 Å². The van der Waals surface area contributed by atoms with Crippen molar-refractivity contribution in [2.45, 2.75) is 30.3 Å². The molecule has 112 valence electrons. The minimum absolute atomic E-state index is 0.0142. The summed E-state index contributed by atoms with van der Waals surface area (Å²) < 4.78 is 0. The third-order valence-corrected chi connectivity index (χ3v) is 4.19. The molecular formula is C16H19NO3S. The molecule has 0 spiro atoms. The normalized spacial score (nSPS) is 13.9. The first-order chi connectivity index (χ1) is 10.2. The molecule has 4 nitrogen and oxygen atoms in total. The van der Waals surface area contributed by atoms with Gasteiger partial charge in [0, 0.05) is 18.4 Å². The number of aliphatic hydroxyl groups is 3. The highest BCUT2D eigenvalue weighted by atomic mass is 32.2. The average molecular weight is 305 g/mol. The molecule has 5 heteroatoms. The van der Waals surface area contributed by atoms with Crippen molar-refractivity contribution in [1.82, 2.24) is 4.98 Å². The van der Waals surface area contributed by atoms with Gasteiger partial charge < -0.3 is 15.3 Å². The predicted molar refractivity (Wildman–Crippen MR) is 82.9 cm³/mol. The van der Waals surface area contributed by atoms with E-state index in [9.17, 15) is 10.2 Å². The Balaban J connectivity index is 1.82. The second-order valence-corrected chi connectivity index (χ2v) is 5.82. The van der Waals surface area contributed by atoms with Crippen LogP contribution < -0.4 is 0 Å². The van der Waals surface area contributed by atoms with Crippen LogP contribution in [0.1, 0.15) is 23.7 Å². The fourth-order valence-corrected chi connectivity index (χ4v) is 2.73. The summed E-state index contributed by atoms with van der Waals surface area (Å²) in [5, 5.41) is 29.9. The van der Waals surface area contributed by atoms with Gasteiger partial charge in [0.15, 0.2) is 0 Å². The van der Waals surface area contributed by atoms with Crippen LogP contribution >= 0.6 is 11.8 Å². The van der Waals surface area contributed by atoms with Gasteiger partial charge in [0.25, 0.3) is 0 Å². The standard InChI is InChI=1S/C16H19NO3S/c18-10-12-4-6-13(7-5-12)15(20)9-14(19)11-21-16-3-1-2-8-17-16/h1-8,14-15,18-20H,9-11H2. The summed E-state index contributed by atoms with van der Waals surface area (Å²) in [5.74, 6) is 0.489. The molecule has 2 unspecified atom stereocenters. The molecule has 0 fully saturated rings. The van der Waals surface area contributed by atoms with Crippen molar-refractivity contribution in [3.63, 3.8) is 0 Å². The number of nitrogens with zero attached hydrogens (tertiary/aromatic N) is 1. The topological polar surface area (TPSA) is 73.6 Å². The molecular weight excluding hydrogens is 286 g/mol. The Kier molecular flexibility index (Phi) is 6.20. The maximum atomic E-state index is 10.1. The van der Waals surface area contributed by atoms with Gasteiger partial charge in [-0.25, -0.2) is 4.98 Å². The van der Waals surface area contributed by atoms with Crippen molar-refractivity contribution in [3.05, 3.63) is 59.8 Å². The molecule has 0 radical (unpaired) electrons. The third kappa shape index (κ3) is 5.13. The smallest absolute Gasteiger partial charge is 0.0960 e. The number of pyridine rings is 1. The Morgan fingerprint density at radius 2 is 1.81 bits per heavy atom. The molecule has 2 aromatic rings. The van der Waals surface area contributed by atoms with E-state index in [1.165, 1.54) is 11.8 Å². The van der Waals surface area contributed by atoms with E-state index in [4.69, 9.17) is 5.11 Å². The minimum Gasteiger partial charge on any atom is -0.392 e. The molecule has 2 rings (SSSR count). The lowest BCUT2D eigenvalue weighted by molar-refractivity contribution is 0.0930. The Morgan fingerprint density at radius 3 is 2.43 bits per heavy atom. The van der Waals surface area contributed by atoms with Crippen LogP contribution in [0.2, 0.25) is 0 Å². The maximum absolute atomic E-state index is 10.1. The molecule has 0 amide bonds. The van der Waals surface area contributed by atoms with Crippen LogP contribution in [0.4, 0.5) is 0 Å². The van der Waals surface area contributed by atoms with Gasteiger partial charge in [0.05, 0.1) is 23.8 Å². The summed E-state index contributed by atoms with van der Waals surface area (Å²) in [6.07, 6.45) is 0.673. The molecule has 2 atom stereocenters. The summed E-state index contributed by atoms with van der Waals surface area (Å²) in [7, 11) is 0. The molecule has 0 saturated carbocycles. The number of aliphatic hydroxyl groups excluding tert-OH is 3. The van der Waals surface area contributed by atoms with Crippen LogP contribution in [0.25, 0.3) is 0 Å².